The fraction of sp³-hybridized carbons (Fsp3) is 0. The number of amides is 1. The van der Waals surface area contributed by atoms with Crippen molar-refractivity contribution < 1.29 is 9.53 Å². The normalized spacial score (nSPS) is 10.1. The first kappa shape index (κ1) is 14.7. The number of carbonyl (C=O) groups excluding carboxylic acids is 1. The van der Waals surface area contributed by atoms with Crippen molar-refractivity contribution in [1.82, 2.24) is 0 Å². The van der Waals surface area contributed by atoms with Crippen LogP contribution in [0.4, 0.5) is 11.4 Å². The van der Waals surface area contributed by atoms with Crippen LogP contribution in [0.25, 0.3) is 0 Å². The van der Waals surface area contributed by atoms with Gasteiger partial charge in [-0.25, -0.2) is 0 Å². The fourth-order valence-corrected chi connectivity index (χ4v) is 2.07. The maximum absolute atomic E-state index is 12.1. The highest BCUT2D eigenvalue weighted by molar-refractivity contribution is 6.04. The number of rotatable bonds is 4. The van der Waals surface area contributed by atoms with Gasteiger partial charge in [0.15, 0.2) is 0 Å². The first-order valence-corrected chi connectivity index (χ1v) is 7.20. The molecule has 0 fully saturated rings. The molecule has 114 valence electrons. The minimum Gasteiger partial charge on any atom is -0.457 e. The van der Waals surface area contributed by atoms with Crippen molar-refractivity contribution in [3.63, 3.8) is 0 Å². The third kappa shape index (κ3) is 3.89. The Morgan fingerprint density at radius 1 is 0.783 bits per heavy atom. The lowest BCUT2D eigenvalue weighted by Gasteiger charge is -2.08. The van der Waals surface area contributed by atoms with Gasteiger partial charge in [-0.3, -0.25) is 4.79 Å². The van der Waals surface area contributed by atoms with E-state index in [0.29, 0.717) is 22.7 Å². The second-order valence-corrected chi connectivity index (χ2v) is 5.02. The van der Waals surface area contributed by atoms with Crippen molar-refractivity contribution in [2.75, 3.05) is 11.1 Å². The van der Waals surface area contributed by atoms with E-state index in [0.717, 1.165) is 5.75 Å². The summed E-state index contributed by atoms with van der Waals surface area (Å²) in [4.78, 5) is 12.1. The minimum absolute atomic E-state index is 0.179. The van der Waals surface area contributed by atoms with E-state index in [1.165, 1.54) is 0 Å². The largest absolute Gasteiger partial charge is 0.457 e. The molecule has 0 saturated carbocycles. The number of para-hydroxylation sites is 1. The van der Waals surface area contributed by atoms with Gasteiger partial charge in [0.1, 0.15) is 11.5 Å². The summed E-state index contributed by atoms with van der Waals surface area (Å²) in [5.74, 6) is 1.30. The molecule has 3 aromatic rings. The predicted molar refractivity (Wildman–Crippen MR) is 91.8 cm³/mol. The Kier molecular flexibility index (Phi) is 4.25. The predicted octanol–water partition coefficient (Wildman–Crippen LogP) is 4.31. The zero-order valence-electron chi connectivity index (χ0n) is 12.4. The Hall–Kier alpha value is -3.27. The maximum Gasteiger partial charge on any atom is 0.255 e. The number of nitrogens with one attached hydrogen (secondary N) is 1. The van der Waals surface area contributed by atoms with E-state index < -0.39 is 0 Å². The number of hydrogen-bond donors (Lipinski definition) is 2. The van der Waals surface area contributed by atoms with Crippen LogP contribution in [0, 0.1) is 0 Å². The van der Waals surface area contributed by atoms with E-state index in [1.807, 2.05) is 42.5 Å². The van der Waals surface area contributed by atoms with Crippen molar-refractivity contribution in [2.24, 2.45) is 0 Å². The van der Waals surface area contributed by atoms with Crippen LogP contribution in [0.3, 0.4) is 0 Å². The third-order valence-corrected chi connectivity index (χ3v) is 3.26. The average molecular weight is 304 g/mol. The summed E-state index contributed by atoms with van der Waals surface area (Å²) in [5.41, 5.74) is 7.50. The highest BCUT2D eigenvalue weighted by Gasteiger charge is 2.06. The van der Waals surface area contributed by atoms with E-state index in [9.17, 15) is 4.79 Å². The van der Waals surface area contributed by atoms with Crippen molar-refractivity contribution >= 4 is 17.3 Å². The second-order valence-electron chi connectivity index (χ2n) is 5.02. The third-order valence-electron chi connectivity index (χ3n) is 3.26. The molecule has 0 atom stereocenters. The van der Waals surface area contributed by atoms with E-state index in [1.54, 1.807) is 36.4 Å². The van der Waals surface area contributed by atoms with Gasteiger partial charge in [0.05, 0.1) is 0 Å². The van der Waals surface area contributed by atoms with Crippen molar-refractivity contribution in [3.8, 4) is 11.5 Å². The van der Waals surface area contributed by atoms with Gasteiger partial charge in [0.25, 0.3) is 5.91 Å². The number of ether oxygens (including phenoxy) is 1. The first-order valence-electron chi connectivity index (χ1n) is 7.20. The van der Waals surface area contributed by atoms with Gasteiger partial charge in [-0.15, -0.1) is 0 Å². The summed E-state index contributed by atoms with van der Waals surface area (Å²) in [6, 6.07) is 23.5. The lowest BCUT2D eigenvalue weighted by molar-refractivity contribution is 0.102. The summed E-state index contributed by atoms with van der Waals surface area (Å²) in [7, 11) is 0. The van der Waals surface area contributed by atoms with Crippen LogP contribution < -0.4 is 15.8 Å². The molecule has 0 aromatic heterocycles. The molecule has 0 saturated heterocycles. The highest BCUT2D eigenvalue weighted by Crippen LogP contribution is 2.22. The topological polar surface area (TPSA) is 64.4 Å². The lowest BCUT2D eigenvalue weighted by Crippen LogP contribution is -2.11. The van der Waals surface area contributed by atoms with E-state index in [2.05, 4.69) is 5.32 Å². The molecular formula is C19H16N2O2. The molecular weight excluding hydrogens is 288 g/mol. The van der Waals surface area contributed by atoms with Gasteiger partial charge in [-0.2, -0.15) is 0 Å². The Morgan fingerprint density at radius 2 is 1.39 bits per heavy atom. The molecule has 4 heteroatoms. The molecule has 0 aliphatic carbocycles. The van der Waals surface area contributed by atoms with Crippen LogP contribution in [-0.2, 0) is 0 Å². The number of hydrogen-bond acceptors (Lipinski definition) is 3. The number of carbonyl (C=O) groups is 1. The number of benzene rings is 3. The molecule has 3 aromatic carbocycles. The molecule has 1 amide bonds. The number of nitrogens with two attached hydrogens (primary N) is 1. The van der Waals surface area contributed by atoms with Crippen LogP contribution in [0.15, 0.2) is 78.9 Å². The molecule has 0 bridgehead atoms. The SMILES string of the molecule is Nc1ccc(C(=O)Nc2ccc(Oc3ccccc3)cc2)cc1. The van der Waals surface area contributed by atoms with Crippen LogP contribution in [-0.4, -0.2) is 5.91 Å². The van der Waals surface area contributed by atoms with Crippen molar-refractivity contribution in [3.05, 3.63) is 84.4 Å². The summed E-state index contributed by atoms with van der Waals surface area (Å²) >= 11 is 0. The molecule has 4 nitrogen and oxygen atoms in total. The summed E-state index contributed by atoms with van der Waals surface area (Å²) < 4.78 is 5.71. The molecule has 0 heterocycles. The Bertz CT molecular complexity index is 782. The lowest BCUT2D eigenvalue weighted by atomic mass is 10.2. The minimum atomic E-state index is -0.179. The molecule has 0 spiro atoms. The van der Waals surface area contributed by atoms with Gasteiger partial charge < -0.3 is 15.8 Å². The molecule has 3 rings (SSSR count). The zero-order valence-corrected chi connectivity index (χ0v) is 12.4. The van der Waals surface area contributed by atoms with Crippen LogP contribution in [0.5, 0.6) is 11.5 Å². The summed E-state index contributed by atoms with van der Waals surface area (Å²) in [6.45, 7) is 0. The monoisotopic (exact) mass is 304 g/mol. The maximum atomic E-state index is 12.1. The fourth-order valence-electron chi connectivity index (χ4n) is 2.07. The smallest absolute Gasteiger partial charge is 0.255 e. The zero-order chi connectivity index (χ0) is 16.1. The van der Waals surface area contributed by atoms with Crippen molar-refractivity contribution in [2.45, 2.75) is 0 Å². The molecule has 0 aliphatic heterocycles. The van der Waals surface area contributed by atoms with Gasteiger partial charge in [0.2, 0.25) is 0 Å². The average Bonchev–Trinajstić information content (AvgIpc) is 2.58. The number of anilines is 2. The van der Waals surface area contributed by atoms with Crippen molar-refractivity contribution in [1.29, 1.82) is 0 Å². The standard InChI is InChI=1S/C19H16N2O2/c20-15-8-6-14(7-9-15)19(22)21-16-10-12-18(13-11-16)23-17-4-2-1-3-5-17/h1-13H,20H2,(H,21,22). The second kappa shape index (κ2) is 6.66. The van der Waals surface area contributed by atoms with Gasteiger partial charge in [0, 0.05) is 16.9 Å². The number of nitrogen functional groups attached to an aromatic ring is 1. The molecule has 0 aliphatic rings. The molecule has 0 radical (unpaired) electrons. The highest BCUT2D eigenvalue weighted by atomic mass is 16.5. The summed E-state index contributed by atoms with van der Waals surface area (Å²) in [6.07, 6.45) is 0. The first-order chi connectivity index (χ1) is 11.2. The Labute approximate surface area is 134 Å². The Morgan fingerprint density at radius 3 is 2.04 bits per heavy atom. The van der Waals surface area contributed by atoms with E-state index in [-0.39, 0.29) is 5.91 Å². The molecule has 23 heavy (non-hydrogen) atoms. The molecule has 3 N–H and O–H groups in total. The van der Waals surface area contributed by atoms with Crippen LogP contribution in [0.1, 0.15) is 10.4 Å². The Balaban J connectivity index is 1.65. The van der Waals surface area contributed by atoms with E-state index in [4.69, 9.17) is 10.5 Å². The van der Waals surface area contributed by atoms with Gasteiger partial charge in [-0.05, 0) is 60.7 Å². The van der Waals surface area contributed by atoms with Gasteiger partial charge in [-0.1, -0.05) is 18.2 Å². The quantitative estimate of drug-likeness (QED) is 0.706. The van der Waals surface area contributed by atoms with Crippen LogP contribution >= 0.6 is 0 Å². The van der Waals surface area contributed by atoms with Crippen LogP contribution in [0.2, 0.25) is 0 Å². The van der Waals surface area contributed by atoms with E-state index >= 15 is 0 Å². The van der Waals surface area contributed by atoms with Gasteiger partial charge >= 0.3 is 0 Å². The summed E-state index contributed by atoms with van der Waals surface area (Å²) in [5, 5.41) is 2.83. The molecule has 0 unspecified atom stereocenters.